The van der Waals surface area contributed by atoms with Crippen molar-refractivity contribution < 1.29 is 29.3 Å². The number of hydrogen-bond acceptors (Lipinski definition) is 5. The van der Waals surface area contributed by atoms with Crippen LogP contribution in [0.3, 0.4) is 0 Å². The molecule has 132 valence electrons. The maximum absolute atomic E-state index is 12.1. The molecule has 1 aromatic carbocycles. The van der Waals surface area contributed by atoms with E-state index in [1.807, 2.05) is 0 Å². The van der Waals surface area contributed by atoms with E-state index in [9.17, 15) is 19.5 Å². The number of aliphatic carboxylic acids is 1. The van der Waals surface area contributed by atoms with E-state index >= 15 is 0 Å². The largest absolute Gasteiger partial charge is 0.504 e. The van der Waals surface area contributed by atoms with Crippen LogP contribution in [0.4, 0.5) is 0 Å². The molecule has 0 fully saturated rings. The fourth-order valence-corrected chi connectivity index (χ4v) is 2.24. The molecule has 3 N–H and O–H groups in total. The fourth-order valence-electron chi connectivity index (χ4n) is 2.24. The van der Waals surface area contributed by atoms with Crippen LogP contribution in [-0.2, 0) is 4.79 Å². The number of phenols is 1. The van der Waals surface area contributed by atoms with E-state index in [2.05, 4.69) is 5.32 Å². The first kappa shape index (κ1) is 19.5. The van der Waals surface area contributed by atoms with Gasteiger partial charge in [0.1, 0.15) is 0 Å². The van der Waals surface area contributed by atoms with Gasteiger partial charge in [-0.1, -0.05) is 19.3 Å². The van der Waals surface area contributed by atoms with Crippen molar-refractivity contribution in [2.75, 3.05) is 13.7 Å². The number of carboxylic acid groups (broad SMARTS) is 1. The lowest BCUT2D eigenvalue weighted by Gasteiger charge is -2.10. The first-order valence-electron chi connectivity index (χ1n) is 7.85. The Labute approximate surface area is 140 Å². The summed E-state index contributed by atoms with van der Waals surface area (Å²) in [6, 6.07) is 2.69. The SMILES string of the molecule is COc1cc(C(=O)NCCCCCCCC(=O)O)cc(C=O)c1O. The van der Waals surface area contributed by atoms with Crippen LogP contribution in [0.25, 0.3) is 0 Å². The maximum atomic E-state index is 12.1. The number of carbonyl (C=O) groups excluding carboxylic acids is 2. The van der Waals surface area contributed by atoms with Gasteiger partial charge in [-0.2, -0.15) is 0 Å². The Kier molecular flexibility index (Phi) is 8.32. The third kappa shape index (κ3) is 6.28. The Morgan fingerprint density at radius 1 is 1.17 bits per heavy atom. The van der Waals surface area contributed by atoms with Gasteiger partial charge in [-0.25, -0.2) is 0 Å². The first-order valence-corrected chi connectivity index (χ1v) is 7.85. The second-order valence-corrected chi connectivity index (χ2v) is 5.40. The molecular weight excluding hydrogens is 314 g/mol. The molecule has 0 saturated carbocycles. The second-order valence-electron chi connectivity index (χ2n) is 5.40. The molecule has 7 nitrogen and oxygen atoms in total. The zero-order chi connectivity index (χ0) is 17.9. The number of carboxylic acids is 1. The van der Waals surface area contributed by atoms with Gasteiger partial charge in [0.2, 0.25) is 0 Å². The van der Waals surface area contributed by atoms with Crippen molar-refractivity contribution in [2.45, 2.75) is 38.5 Å². The summed E-state index contributed by atoms with van der Waals surface area (Å²) in [5.41, 5.74) is 0.242. The molecule has 0 unspecified atom stereocenters. The molecule has 7 heteroatoms. The van der Waals surface area contributed by atoms with Crippen LogP contribution in [0.5, 0.6) is 11.5 Å². The number of benzene rings is 1. The smallest absolute Gasteiger partial charge is 0.303 e. The number of carbonyl (C=O) groups is 3. The average Bonchev–Trinajstić information content (AvgIpc) is 2.56. The zero-order valence-corrected chi connectivity index (χ0v) is 13.7. The number of amides is 1. The van der Waals surface area contributed by atoms with E-state index in [0.717, 1.165) is 25.7 Å². The van der Waals surface area contributed by atoms with Crippen LogP contribution in [0.15, 0.2) is 12.1 Å². The van der Waals surface area contributed by atoms with E-state index in [4.69, 9.17) is 9.84 Å². The van der Waals surface area contributed by atoms with Gasteiger partial charge in [0.15, 0.2) is 17.8 Å². The highest BCUT2D eigenvalue weighted by Crippen LogP contribution is 2.30. The number of methoxy groups -OCH3 is 1. The van der Waals surface area contributed by atoms with E-state index in [-0.39, 0.29) is 35.0 Å². The van der Waals surface area contributed by atoms with E-state index in [0.29, 0.717) is 19.3 Å². The van der Waals surface area contributed by atoms with Crippen molar-refractivity contribution >= 4 is 18.2 Å². The van der Waals surface area contributed by atoms with Crippen LogP contribution >= 0.6 is 0 Å². The number of rotatable bonds is 11. The highest BCUT2D eigenvalue weighted by molar-refractivity contribution is 5.97. The van der Waals surface area contributed by atoms with E-state index < -0.39 is 5.97 Å². The molecule has 0 saturated heterocycles. The predicted molar refractivity (Wildman–Crippen MR) is 87.7 cm³/mol. The third-order valence-electron chi connectivity index (χ3n) is 3.57. The quantitative estimate of drug-likeness (QED) is 0.422. The van der Waals surface area contributed by atoms with Gasteiger partial charge < -0.3 is 20.3 Å². The highest BCUT2D eigenvalue weighted by atomic mass is 16.5. The molecular formula is C17H23NO6. The molecule has 0 aliphatic heterocycles. The molecule has 0 spiro atoms. The lowest BCUT2D eigenvalue weighted by atomic mass is 10.1. The molecule has 0 aliphatic rings. The van der Waals surface area contributed by atoms with Gasteiger partial charge >= 0.3 is 5.97 Å². The summed E-state index contributed by atoms with van der Waals surface area (Å²) >= 11 is 0. The third-order valence-corrected chi connectivity index (χ3v) is 3.57. The van der Waals surface area contributed by atoms with Crippen molar-refractivity contribution in [1.82, 2.24) is 5.32 Å². The van der Waals surface area contributed by atoms with Gasteiger partial charge in [0.05, 0.1) is 12.7 Å². The fraction of sp³-hybridized carbons (Fsp3) is 0.471. The molecule has 0 atom stereocenters. The number of nitrogens with one attached hydrogen (secondary N) is 1. The van der Waals surface area contributed by atoms with Crippen LogP contribution in [0, 0.1) is 0 Å². The Balaban J connectivity index is 2.38. The standard InChI is InChI=1S/C17H23NO6/c1-24-14-10-12(9-13(11-19)16(14)22)17(23)18-8-6-4-2-3-5-7-15(20)21/h9-11,22H,2-8H2,1H3,(H,18,23)(H,20,21). The molecule has 0 aliphatic carbocycles. The zero-order valence-electron chi connectivity index (χ0n) is 13.7. The van der Waals surface area contributed by atoms with Gasteiger partial charge in [0.25, 0.3) is 5.91 Å². The molecule has 1 aromatic rings. The number of aldehydes is 1. The summed E-state index contributed by atoms with van der Waals surface area (Å²) in [7, 11) is 1.34. The molecule has 0 aromatic heterocycles. The van der Waals surface area contributed by atoms with Crippen LogP contribution in [0.2, 0.25) is 0 Å². The van der Waals surface area contributed by atoms with Crippen molar-refractivity contribution in [3.63, 3.8) is 0 Å². The van der Waals surface area contributed by atoms with E-state index in [1.165, 1.54) is 19.2 Å². The Morgan fingerprint density at radius 2 is 1.83 bits per heavy atom. The molecule has 0 bridgehead atoms. The number of unbranched alkanes of at least 4 members (excludes halogenated alkanes) is 4. The molecule has 24 heavy (non-hydrogen) atoms. The summed E-state index contributed by atoms with van der Waals surface area (Å²) in [4.78, 5) is 33.3. The topological polar surface area (TPSA) is 113 Å². The van der Waals surface area contributed by atoms with Gasteiger partial charge in [-0.05, 0) is 25.0 Å². The van der Waals surface area contributed by atoms with Crippen molar-refractivity contribution in [2.24, 2.45) is 0 Å². The summed E-state index contributed by atoms with van der Waals surface area (Å²) < 4.78 is 4.94. The second kappa shape index (κ2) is 10.3. The normalized spacial score (nSPS) is 10.2. The number of phenolic OH excluding ortho intramolecular Hbond substituents is 1. The van der Waals surface area contributed by atoms with Crippen LogP contribution in [0.1, 0.15) is 59.2 Å². The summed E-state index contributed by atoms with van der Waals surface area (Å²) in [6.07, 6.45) is 4.80. The van der Waals surface area contributed by atoms with Gasteiger partial charge in [0, 0.05) is 18.5 Å². The minimum atomic E-state index is -0.777. The van der Waals surface area contributed by atoms with Crippen LogP contribution in [-0.4, -0.2) is 42.0 Å². The van der Waals surface area contributed by atoms with Crippen molar-refractivity contribution in [1.29, 1.82) is 0 Å². The highest BCUT2D eigenvalue weighted by Gasteiger charge is 2.14. The Hall–Kier alpha value is -2.57. The summed E-state index contributed by atoms with van der Waals surface area (Å²) in [5.74, 6) is -1.34. The van der Waals surface area contributed by atoms with E-state index in [1.54, 1.807) is 0 Å². The number of aromatic hydroxyl groups is 1. The lowest BCUT2D eigenvalue weighted by Crippen LogP contribution is -2.24. The monoisotopic (exact) mass is 337 g/mol. The number of hydrogen-bond donors (Lipinski definition) is 3. The summed E-state index contributed by atoms with van der Waals surface area (Å²) in [5, 5.41) is 21.0. The minimum absolute atomic E-state index is 0.00192. The van der Waals surface area contributed by atoms with Gasteiger partial charge in [-0.3, -0.25) is 14.4 Å². The maximum Gasteiger partial charge on any atom is 0.303 e. The first-order chi connectivity index (χ1) is 11.5. The molecule has 0 heterocycles. The average molecular weight is 337 g/mol. The Bertz CT molecular complexity index is 585. The molecule has 0 radical (unpaired) electrons. The van der Waals surface area contributed by atoms with Crippen molar-refractivity contribution in [3.05, 3.63) is 23.3 Å². The molecule has 1 amide bonds. The predicted octanol–water partition coefficient (Wildman–Crippen LogP) is 2.37. The minimum Gasteiger partial charge on any atom is -0.504 e. The Morgan fingerprint density at radius 3 is 2.46 bits per heavy atom. The lowest BCUT2D eigenvalue weighted by molar-refractivity contribution is -0.137. The number of ether oxygens (including phenoxy) is 1. The van der Waals surface area contributed by atoms with Crippen molar-refractivity contribution in [3.8, 4) is 11.5 Å². The molecule has 1 rings (SSSR count). The summed E-state index contributed by atoms with van der Waals surface area (Å²) in [6.45, 7) is 0.484. The van der Waals surface area contributed by atoms with Gasteiger partial charge in [-0.15, -0.1) is 0 Å². The van der Waals surface area contributed by atoms with Crippen LogP contribution < -0.4 is 10.1 Å².